The number of nitrogens with two attached hydrogens (primary N) is 1. The van der Waals surface area contributed by atoms with Crippen molar-refractivity contribution in [1.82, 2.24) is 10.3 Å². The zero-order valence-corrected chi connectivity index (χ0v) is 12.1. The third-order valence-corrected chi connectivity index (χ3v) is 4.98. The van der Waals surface area contributed by atoms with Gasteiger partial charge in [-0.1, -0.05) is 12.8 Å². The minimum Gasteiger partial charge on any atom is -0.330 e. The molecule has 2 atom stereocenters. The van der Waals surface area contributed by atoms with Gasteiger partial charge in [0, 0.05) is 24.0 Å². The highest BCUT2D eigenvalue weighted by molar-refractivity contribution is 7.09. The van der Waals surface area contributed by atoms with Gasteiger partial charge in [0.15, 0.2) is 0 Å². The number of rotatable bonds is 6. The SMILES string of the molecule is Cc1csc(CCNCC2CCCCC2CN)n1. The van der Waals surface area contributed by atoms with Crippen molar-refractivity contribution in [1.29, 1.82) is 0 Å². The van der Waals surface area contributed by atoms with Gasteiger partial charge < -0.3 is 11.1 Å². The first kappa shape index (κ1) is 14.0. The molecule has 1 saturated carbocycles. The van der Waals surface area contributed by atoms with Crippen molar-refractivity contribution >= 4 is 11.3 Å². The molecule has 1 heterocycles. The van der Waals surface area contributed by atoms with Crippen LogP contribution in [0.5, 0.6) is 0 Å². The Kier molecular flexibility index (Phi) is 5.60. The van der Waals surface area contributed by atoms with Crippen LogP contribution in [0.15, 0.2) is 5.38 Å². The van der Waals surface area contributed by atoms with E-state index in [4.69, 9.17) is 5.73 Å². The molecule has 1 fully saturated rings. The fourth-order valence-corrected chi connectivity index (χ4v) is 3.64. The summed E-state index contributed by atoms with van der Waals surface area (Å²) >= 11 is 1.77. The van der Waals surface area contributed by atoms with Crippen molar-refractivity contribution in [2.24, 2.45) is 17.6 Å². The van der Waals surface area contributed by atoms with E-state index in [1.807, 2.05) is 0 Å². The van der Waals surface area contributed by atoms with Crippen LogP contribution in [0.25, 0.3) is 0 Å². The number of hydrogen-bond acceptors (Lipinski definition) is 4. The van der Waals surface area contributed by atoms with E-state index < -0.39 is 0 Å². The molecular formula is C14H25N3S. The lowest BCUT2D eigenvalue weighted by Gasteiger charge is -2.30. The maximum absolute atomic E-state index is 5.86. The van der Waals surface area contributed by atoms with E-state index in [1.165, 1.54) is 30.7 Å². The summed E-state index contributed by atoms with van der Waals surface area (Å²) in [5.74, 6) is 1.54. The van der Waals surface area contributed by atoms with Crippen molar-refractivity contribution in [2.75, 3.05) is 19.6 Å². The third-order valence-electron chi connectivity index (χ3n) is 3.96. The highest BCUT2D eigenvalue weighted by Gasteiger charge is 2.23. The van der Waals surface area contributed by atoms with E-state index in [9.17, 15) is 0 Å². The molecule has 0 spiro atoms. The molecule has 4 heteroatoms. The molecule has 0 bridgehead atoms. The average molecular weight is 267 g/mol. The van der Waals surface area contributed by atoms with Gasteiger partial charge in [-0.3, -0.25) is 0 Å². The maximum atomic E-state index is 5.86. The lowest BCUT2D eigenvalue weighted by Crippen LogP contribution is -2.35. The second kappa shape index (κ2) is 7.22. The van der Waals surface area contributed by atoms with Gasteiger partial charge in [-0.15, -0.1) is 11.3 Å². The summed E-state index contributed by atoms with van der Waals surface area (Å²) in [5, 5.41) is 6.96. The van der Waals surface area contributed by atoms with Crippen molar-refractivity contribution in [3.63, 3.8) is 0 Å². The van der Waals surface area contributed by atoms with Crippen LogP contribution in [-0.2, 0) is 6.42 Å². The second-order valence-corrected chi connectivity index (χ2v) is 6.32. The number of thiazole rings is 1. The van der Waals surface area contributed by atoms with Crippen LogP contribution in [0.1, 0.15) is 36.4 Å². The monoisotopic (exact) mass is 267 g/mol. The Labute approximate surface area is 114 Å². The van der Waals surface area contributed by atoms with E-state index in [2.05, 4.69) is 22.6 Å². The van der Waals surface area contributed by atoms with Crippen LogP contribution in [0, 0.1) is 18.8 Å². The van der Waals surface area contributed by atoms with E-state index in [0.717, 1.165) is 43.6 Å². The van der Waals surface area contributed by atoms with Gasteiger partial charge >= 0.3 is 0 Å². The standard InChI is InChI=1S/C14H25N3S/c1-11-10-18-14(17-11)6-7-16-9-13-5-3-2-4-12(13)8-15/h10,12-13,16H,2-9,15H2,1H3. The summed E-state index contributed by atoms with van der Waals surface area (Å²) in [7, 11) is 0. The average Bonchev–Trinajstić information content (AvgIpc) is 2.81. The van der Waals surface area contributed by atoms with E-state index >= 15 is 0 Å². The molecule has 0 saturated heterocycles. The predicted molar refractivity (Wildman–Crippen MR) is 77.9 cm³/mol. The zero-order valence-electron chi connectivity index (χ0n) is 11.3. The topological polar surface area (TPSA) is 50.9 Å². The van der Waals surface area contributed by atoms with Crippen molar-refractivity contribution in [2.45, 2.75) is 39.0 Å². The van der Waals surface area contributed by atoms with Gasteiger partial charge in [0.2, 0.25) is 0 Å². The zero-order chi connectivity index (χ0) is 12.8. The normalized spacial score (nSPS) is 24.3. The Bertz CT molecular complexity index is 351. The first-order valence-electron chi connectivity index (χ1n) is 7.11. The van der Waals surface area contributed by atoms with Crippen molar-refractivity contribution < 1.29 is 0 Å². The molecule has 1 aliphatic rings. The third kappa shape index (κ3) is 4.04. The molecule has 2 unspecified atom stereocenters. The fourth-order valence-electron chi connectivity index (χ4n) is 2.86. The molecule has 1 aromatic rings. The molecular weight excluding hydrogens is 242 g/mol. The smallest absolute Gasteiger partial charge is 0.0940 e. The highest BCUT2D eigenvalue weighted by Crippen LogP contribution is 2.28. The first-order valence-corrected chi connectivity index (χ1v) is 7.99. The lowest BCUT2D eigenvalue weighted by molar-refractivity contribution is 0.236. The fraction of sp³-hybridized carbons (Fsp3) is 0.786. The Morgan fingerprint density at radius 2 is 2.17 bits per heavy atom. The number of nitrogens with one attached hydrogen (secondary N) is 1. The number of hydrogen-bond donors (Lipinski definition) is 2. The van der Waals surface area contributed by atoms with Crippen LogP contribution in [0.2, 0.25) is 0 Å². The summed E-state index contributed by atoms with van der Waals surface area (Å²) in [6.45, 7) is 5.09. The lowest BCUT2D eigenvalue weighted by atomic mass is 9.79. The van der Waals surface area contributed by atoms with Crippen LogP contribution in [-0.4, -0.2) is 24.6 Å². The van der Waals surface area contributed by atoms with Crippen LogP contribution < -0.4 is 11.1 Å². The van der Waals surface area contributed by atoms with Gasteiger partial charge in [-0.05, 0) is 44.7 Å². The number of aryl methyl sites for hydroxylation is 1. The molecule has 102 valence electrons. The molecule has 0 aromatic carbocycles. The van der Waals surface area contributed by atoms with Crippen molar-refractivity contribution in [3.8, 4) is 0 Å². The Hall–Kier alpha value is -0.450. The van der Waals surface area contributed by atoms with E-state index in [1.54, 1.807) is 11.3 Å². The van der Waals surface area contributed by atoms with Crippen LogP contribution >= 0.6 is 11.3 Å². The summed E-state index contributed by atoms with van der Waals surface area (Å²) in [5.41, 5.74) is 7.00. The minimum atomic E-state index is 0.744. The highest BCUT2D eigenvalue weighted by atomic mass is 32.1. The quantitative estimate of drug-likeness (QED) is 0.778. The first-order chi connectivity index (χ1) is 8.79. The molecule has 0 aliphatic heterocycles. The van der Waals surface area contributed by atoms with Crippen molar-refractivity contribution in [3.05, 3.63) is 16.1 Å². The Balaban J connectivity index is 1.65. The minimum absolute atomic E-state index is 0.744. The van der Waals surface area contributed by atoms with E-state index in [-0.39, 0.29) is 0 Å². The molecule has 0 amide bonds. The van der Waals surface area contributed by atoms with Gasteiger partial charge in [-0.2, -0.15) is 0 Å². The number of nitrogens with zero attached hydrogens (tertiary/aromatic N) is 1. The molecule has 2 rings (SSSR count). The van der Waals surface area contributed by atoms with Crippen LogP contribution in [0.3, 0.4) is 0 Å². The summed E-state index contributed by atoms with van der Waals surface area (Å²) in [4.78, 5) is 4.48. The Morgan fingerprint density at radius 1 is 1.39 bits per heavy atom. The van der Waals surface area contributed by atoms with Gasteiger partial charge in [0.1, 0.15) is 0 Å². The molecule has 3 N–H and O–H groups in total. The van der Waals surface area contributed by atoms with Crippen LogP contribution in [0.4, 0.5) is 0 Å². The molecule has 1 aromatic heterocycles. The van der Waals surface area contributed by atoms with Gasteiger partial charge in [-0.25, -0.2) is 4.98 Å². The molecule has 0 radical (unpaired) electrons. The molecule has 18 heavy (non-hydrogen) atoms. The summed E-state index contributed by atoms with van der Waals surface area (Å²) in [6, 6.07) is 0. The second-order valence-electron chi connectivity index (χ2n) is 5.38. The van der Waals surface area contributed by atoms with Gasteiger partial charge in [0.05, 0.1) is 5.01 Å². The molecule has 1 aliphatic carbocycles. The van der Waals surface area contributed by atoms with Gasteiger partial charge in [0.25, 0.3) is 0 Å². The van der Waals surface area contributed by atoms with E-state index in [0.29, 0.717) is 0 Å². The maximum Gasteiger partial charge on any atom is 0.0940 e. The Morgan fingerprint density at radius 3 is 2.83 bits per heavy atom. The molecule has 3 nitrogen and oxygen atoms in total. The largest absolute Gasteiger partial charge is 0.330 e. The number of aromatic nitrogens is 1. The summed E-state index contributed by atoms with van der Waals surface area (Å²) < 4.78 is 0. The predicted octanol–water partition coefficient (Wildman–Crippen LogP) is 2.35. The summed E-state index contributed by atoms with van der Waals surface area (Å²) in [6.07, 6.45) is 6.49.